The first-order valence-electron chi connectivity index (χ1n) is 6.18. The molecular formula is C12H23N5. The highest BCUT2D eigenvalue weighted by Gasteiger charge is 2.21. The number of hydrogen-bond acceptors (Lipinski definition) is 5. The molecular weight excluding hydrogens is 214 g/mol. The van der Waals surface area contributed by atoms with Gasteiger partial charge in [0.2, 0.25) is 0 Å². The van der Waals surface area contributed by atoms with E-state index in [-0.39, 0.29) is 5.54 Å². The average molecular weight is 237 g/mol. The third-order valence-corrected chi connectivity index (χ3v) is 3.42. The summed E-state index contributed by atoms with van der Waals surface area (Å²) in [6.45, 7) is 8.61. The molecule has 0 bridgehead atoms. The quantitative estimate of drug-likeness (QED) is 0.523. The summed E-state index contributed by atoms with van der Waals surface area (Å²) >= 11 is 0. The molecule has 0 aliphatic carbocycles. The van der Waals surface area contributed by atoms with Crippen LogP contribution in [-0.2, 0) is 6.42 Å². The van der Waals surface area contributed by atoms with E-state index in [0.717, 1.165) is 30.6 Å². The number of nitrogen functional groups attached to an aromatic ring is 1. The van der Waals surface area contributed by atoms with Crippen molar-refractivity contribution in [1.29, 1.82) is 0 Å². The molecule has 0 aliphatic heterocycles. The van der Waals surface area contributed by atoms with Crippen LogP contribution in [0.1, 0.15) is 46.1 Å². The Morgan fingerprint density at radius 2 is 1.76 bits per heavy atom. The maximum Gasteiger partial charge on any atom is 0.148 e. The van der Waals surface area contributed by atoms with Gasteiger partial charge in [0.15, 0.2) is 0 Å². The van der Waals surface area contributed by atoms with Gasteiger partial charge in [-0.2, -0.15) is 0 Å². The molecule has 0 amide bonds. The Morgan fingerprint density at radius 1 is 1.18 bits per heavy atom. The smallest absolute Gasteiger partial charge is 0.148 e. The van der Waals surface area contributed by atoms with Gasteiger partial charge in [-0.25, -0.2) is 15.8 Å². The van der Waals surface area contributed by atoms with E-state index in [9.17, 15) is 0 Å². The lowest BCUT2D eigenvalue weighted by molar-refractivity contribution is 0.476. The summed E-state index contributed by atoms with van der Waals surface area (Å²) in [6.07, 6.45) is 4.46. The second kappa shape index (κ2) is 5.82. The second-order valence-electron chi connectivity index (χ2n) is 4.44. The van der Waals surface area contributed by atoms with Crippen LogP contribution in [0.15, 0.2) is 6.33 Å². The molecule has 0 atom stereocenters. The summed E-state index contributed by atoms with van der Waals surface area (Å²) in [5.74, 6) is 7.03. The molecule has 1 aromatic heterocycles. The Labute approximate surface area is 103 Å². The minimum absolute atomic E-state index is 0.0597. The van der Waals surface area contributed by atoms with Gasteiger partial charge in [-0.3, -0.25) is 0 Å². The molecule has 1 rings (SSSR count). The molecule has 4 N–H and O–H groups in total. The topological polar surface area (TPSA) is 75.9 Å². The number of rotatable bonds is 6. The van der Waals surface area contributed by atoms with Crippen molar-refractivity contribution in [3.05, 3.63) is 11.9 Å². The summed E-state index contributed by atoms with van der Waals surface area (Å²) in [5, 5.41) is 3.50. The SMILES string of the molecule is CCc1c(NN)ncnc1NC(C)(CC)CC. The van der Waals surface area contributed by atoms with E-state index < -0.39 is 0 Å². The zero-order valence-corrected chi connectivity index (χ0v) is 11.2. The molecule has 0 aromatic carbocycles. The largest absolute Gasteiger partial charge is 0.365 e. The Bertz CT molecular complexity index is 360. The van der Waals surface area contributed by atoms with Crippen LogP contribution in [0.5, 0.6) is 0 Å². The van der Waals surface area contributed by atoms with E-state index in [4.69, 9.17) is 5.84 Å². The molecule has 1 aromatic rings. The van der Waals surface area contributed by atoms with Crippen molar-refractivity contribution in [1.82, 2.24) is 9.97 Å². The molecule has 0 saturated heterocycles. The predicted octanol–water partition coefficient (Wildman–Crippen LogP) is 2.32. The molecule has 1 heterocycles. The summed E-state index contributed by atoms with van der Waals surface area (Å²) in [7, 11) is 0. The van der Waals surface area contributed by atoms with Gasteiger partial charge in [-0.05, 0) is 26.2 Å². The van der Waals surface area contributed by atoms with Crippen molar-refractivity contribution in [2.45, 2.75) is 52.5 Å². The molecule has 17 heavy (non-hydrogen) atoms. The number of hydrazine groups is 1. The molecule has 0 aliphatic rings. The number of nitrogens with zero attached hydrogens (tertiary/aromatic N) is 2. The van der Waals surface area contributed by atoms with E-state index in [0.29, 0.717) is 5.82 Å². The fourth-order valence-electron chi connectivity index (χ4n) is 1.69. The average Bonchev–Trinajstić information content (AvgIpc) is 2.38. The summed E-state index contributed by atoms with van der Waals surface area (Å²) in [4.78, 5) is 8.44. The molecule has 5 heteroatoms. The normalized spacial score (nSPS) is 11.4. The third-order valence-electron chi connectivity index (χ3n) is 3.42. The Balaban J connectivity index is 3.05. The lowest BCUT2D eigenvalue weighted by atomic mass is 9.95. The molecule has 96 valence electrons. The van der Waals surface area contributed by atoms with Gasteiger partial charge in [0.1, 0.15) is 18.0 Å². The highest BCUT2D eigenvalue weighted by Crippen LogP contribution is 2.25. The Hall–Kier alpha value is -1.36. The lowest BCUT2D eigenvalue weighted by Gasteiger charge is -2.30. The first-order valence-corrected chi connectivity index (χ1v) is 6.18. The monoisotopic (exact) mass is 237 g/mol. The van der Waals surface area contributed by atoms with Crippen molar-refractivity contribution in [3.63, 3.8) is 0 Å². The zero-order chi connectivity index (χ0) is 12.9. The van der Waals surface area contributed by atoms with Gasteiger partial charge >= 0.3 is 0 Å². The molecule has 0 radical (unpaired) electrons. The highest BCUT2D eigenvalue weighted by molar-refractivity contribution is 5.57. The van der Waals surface area contributed by atoms with Crippen LogP contribution < -0.4 is 16.6 Å². The van der Waals surface area contributed by atoms with Crippen molar-refractivity contribution in [2.24, 2.45) is 5.84 Å². The van der Waals surface area contributed by atoms with Crippen molar-refractivity contribution >= 4 is 11.6 Å². The van der Waals surface area contributed by atoms with Gasteiger partial charge in [0.05, 0.1) is 0 Å². The van der Waals surface area contributed by atoms with E-state index in [1.165, 1.54) is 6.33 Å². The van der Waals surface area contributed by atoms with Crippen LogP contribution in [0, 0.1) is 0 Å². The second-order valence-corrected chi connectivity index (χ2v) is 4.44. The van der Waals surface area contributed by atoms with Crippen LogP contribution in [0.25, 0.3) is 0 Å². The minimum atomic E-state index is 0.0597. The standard InChI is InChI=1S/C12H23N5/c1-5-9-10(14-8-15-11(9)17-13)16-12(4,6-2)7-3/h8H,5-7,13H2,1-4H3,(H2,14,15,16,17). The van der Waals surface area contributed by atoms with E-state index in [1.54, 1.807) is 0 Å². The number of nitrogens with two attached hydrogens (primary N) is 1. The first kappa shape index (κ1) is 13.7. The lowest BCUT2D eigenvalue weighted by Crippen LogP contribution is -2.34. The summed E-state index contributed by atoms with van der Waals surface area (Å²) in [6, 6.07) is 0. The molecule has 5 nitrogen and oxygen atoms in total. The van der Waals surface area contributed by atoms with Gasteiger partial charge in [0.25, 0.3) is 0 Å². The number of hydrogen-bond donors (Lipinski definition) is 3. The maximum atomic E-state index is 5.46. The van der Waals surface area contributed by atoms with Gasteiger partial charge in [0, 0.05) is 11.1 Å². The van der Waals surface area contributed by atoms with Crippen LogP contribution in [0.4, 0.5) is 11.6 Å². The molecule has 0 fully saturated rings. The fourth-order valence-corrected chi connectivity index (χ4v) is 1.69. The van der Waals surface area contributed by atoms with E-state index >= 15 is 0 Å². The van der Waals surface area contributed by atoms with Crippen molar-refractivity contribution < 1.29 is 0 Å². The van der Waals surface area contributed by atoms with Crippen molar-refractivity contribution in [2.75, 3.05) is 10.7 Å². The number of anilines is 2. The minimum Gasteiger partial charge on any atom is -0.365 e. The number of aromatic nitrogens is 2. The first-order chi connectivity index (χ1) is 8.10. The van der Waals surface area contributed by atoms with Crippen LogP contribution in [0.2, 0.25) is 0 Å². The maximum absolute atomic E-state index is 5.46. The van der Waals surface area contributed by atoms with E-state index in [1.807, 2.05) is 0 Å². The highest BCUT2D eigenvalue weighted by atomic mass is 15.3. The molecule has 0 saturated carbocycles. The molecule has 0 unspecified atom stereocenters. The number of nitrogens with one attached hydrogen (secondary N) is 2. The molecule has 0 spiro atoms. The van der Waals surface area contributed by atoms with Crippen LogP contribution in [0.3, 0.4) is 0 Å². The Morgan fingerprint density at radius 3 is 2.24 bits per heavy atom. The van der Waals surface area contributed by atoms with Crippen LogP contribution in [-0.4, -0.2) is 15.5 Å². The fraction of sp³-hybridized carbons (Fsp3) is 0.667. The predicted molar refractivity (Wildman–Crippen MR) is 71.8 cm³/mol. The van der Waals surface area contributed by atoms with Crippen LogP contribution >= 0.6 is 0 Å². The summed E-state index contributed by atoms with van der Waals surface area (Å²) in [5.41, 5.74) is 3.71. The zero-order valence-electron chi connectivity index (χ0n) is 11.2. The van der Waals surface area contributed by atoms with Gasteiger partial charge < -0.3 is 10.7 Å². The third kappa shape index (κ3) is 3.06. The van der Waals surface area contributed by atoms with Gasteiger partial charge in [-0.15, -0.1) is 0 Å². The van der Waals surface area contributed by atoms with E-state index in [2.05, 4.69) is 48.4 Å². The van der Waals surface area contributed by atoms with Crippen molar-refractivity contribution in [3.8, 4) is 0 Å². The summed E-state index contributed by atoms with van der Waals surface area (Å²) < 4.78 is 0. The Kier molecular flexibility index (Phi) is 4.69. The van der Waals surface area contributed by atoms with Gasteiger partial charge in [-0.1, -0.05) is 20.8 Å².